The molecule has 0 saturated heterocycles. The Morgan fingerprint density at radius 2 is 0.551 bits per heavy atom. The highest BCUT2D eigenvalue weighted by atomic mass is 16.6. The summed E-state index contributed by atoms with van der Waals surface area (Å²) in [6, 6.07) is 0. The van der Waals surface area contributed by atoms with Crippen LogP contribution in [0, 0.1) is 0 Å². The fourth-order valence-corrected chi connectivity index (χ4v) is 8.27. The number of unbranched alkanes of at least 4 members (excludes halogenated alkanes) is 20. The van der Waals surface area contributed by atoms with Crippen molar-refractivity contribution in [1.29, 1.82) is 0 Å². The van der Waals surface area contributed by atoms with Crippen LogP contribution in [-0.4, -0.2) is 36.4 Å². The van der Waals surface area contributed by atoms with E-state index in [-0.39, 0.29) is 31.6 Å². The second-order valence-electron chi connectivity index (χ2n) is 20.4. The van der Waals surface area contributed by atoms with E-state index in [9.17, 15) is 14.7 Å². The fraction of sp³-hybridized carbons (Fsp3) is 0.589. The van der Waals surface area contributed by atoms with E-state index in [1.807, 2.05) is 0 Å². The molecular weight excluding hydrogens is 957 g/mol. The number of rotatable bonds is 56. The number of allylic oxidation sites excluding steroid dienone is 28. The molecule has 0 fully saturated rings. The van der Waals surface area contributed by atoms with Crippen LogP contribution < -0.4 is 0 Å². The molecule has 1 N–H and O–H groups in total. The van der Waals surface area contributed by atoms with E-state index in [1.54, 1.807) is 0 Å². The van der Waals surface area contributed by atoms with Crippen molar-refractivity contribution in [2.45, 2.75) is 264 Å². The maximum atomic E-state index is 12.3. The lowest BCUT2D eigenvalue weighted by Crippen LogP contribution is -2.28. The molecule has 0 aliphatic heterocycles. The smallest absolute Gasteiger partial charge is 0.306 e. The van der Waals surface area contributed by atoms with Crippen LogP contribution in [0.25, 0.3) is 0 Å². The summed E-state index contributed by atoms with van der Waals surface area (Å²) in [6.07, 6.45) is 103. The van der Waals surface area contributed by atoms with E-state index in [0.717, 1.165) is 116 Å². The SMILES string of the molecule is CC/C=C\C/C=C\C/C=C\C/C=C\C/C=C\C/C=C\C/C=C\C/C=C\C/C=C\C/C=C\C/C=C\C/C=C\CCCCC(=O)OC(CO)COC(=O)CCCCCCCCCCCCCCC/C=C\C/C=C\CCCCCCC. The molecule has 78 heavy (non-hydrogen) atoms. The first-order chi connectivity index (χ1) is 38.6. The molecule has 5 nitrogen and oxygen atoms in total. The maximum absolute atomic E-state index is 12.3. The molecular formula is C73H116O5. The molecule has 0 rings (SSSR count). The minimum atomic E-state index is -0.809. The van der Waals surface area contributed by atoms with Gasteiger partial charge in [0.2, 0.25) is 0 Å². The Kier molecular flexibility index (Phi) is 62.5. The standard InChI is InChI=1S/C73H116O5/c1-3-5-7-9-11-13-15-17-19-21-23-25-27-29-30-31-32-33-34-35-36-37-38-39-40-41-42-44-46-48-50-52-54-56-58-60-62-64-66-68-73(76)78-71(69-74)70-77-72(75)67-65-63-61-59-57-55-53-51-49-47-45-43-28-26-24-22-20-18-16-14-12-10-8-6-4-2/h5,7,11,13,16-19,22-25,29-30,32-33,35-36,38-39,41-42,46,48,52,54,58,60,71,74H,3-4,6,8-10,12,14-15,20-21,26-28,31,34,37,40,43-45,47,49-51,53,55-57,59,61-70H2,1-2H3/b7-5-,13-11-,18-16-,19-17-,24-22-,25-23-,30-29-,33-32-,36-35-,39-38-,42-41-,48-46-,54-52-,60-58-. The third-order valence-corrected chi connectivity index (χ3v) is 13.0. The predicted octanol–water partition coefficient (Wildman–Crippen LogP) is 22.1. The van der Waals surface area contributed by atoms with Crippen molar-refractivity contribution in [3.63, 3.8) is 0 Å². The number of hydrogen-bond acceptors (Lipinski definition) is 5. The minimum absolute atomic E-state index is 0.0937. The quantitative estimate of drug-likeness (QED) is 0.0373. The Morgan fingerprint density at radius 3 is 0.859 bits per heavy atom. The Bertz CT molecular complexity index is 1740. The van der Waals surface area contributed by atoms with E-state index in [4.69, 9.17) is 9.47 Å². The molecule has 438 valence electrons. The molecule has 0 heterocycles. The second kappa shape index (κ2) is 66.5. The molecule has 0 aromatic heterocycles. The zero-order valence-corrected chi connectivity index (χ0v) is 50.1. The van der Waals surface area contributed by atoms with Gasteiger partial charge in [-0.05, 0) is 135 Å². The summed E-state index contributed by atoms with van der Waals surface area (Å²) in [6.45, 7) is 3.98. The van der Waals surface area contributed by atoms with Gasteiger partial charge in [0.1, 0.15) is 6.61 Å². The summed E-state index contributed by atoms with van der Waals surface area (Å²) in [4.78, 5) is 24.6. The summed E-state index contributed by atoms with van der Waals surface area (Å²) in [5.74, 6) is -0.650. The molecule has 1 unspecified atom stereocenters. The third kappa shape index (κ3) is 63.8. The summed E-state index contributed by atoms with van der Waals surface area (Å²) in [5.41, 5.74) is 0. The van der Waals surface area contributed by atoms with E-state index < -0.39 is 6.10 Å². The highest BCUT2D eigenvalue weighted by Crippen LogP contribution is 2.15. The van der Waals surface area contributed by atoms with Gasteiger partial charge in [-0.15, -0.1) is 0 Å². The highest BCUT2D eigenvalue weighted by Gasteiger charge is 2.16. The van der Waals surface area contributed by atoms with Crippen LogP contribution in [0.2, 0.25) is 0 Å². The minimum Gasteiger partial charge on any atom is -0.462 e. The van der Waals surface area contributed by atoms with Crippen molar-refractivity contribution in [3.8, 4) is 0 Å². The average Bonchev–Trinajstić information content (AvgIpc) is 3.44. The van der Waals surface area contributed by atoms with Crippen LogP contribution in [0.5, 0.6) is 0 Å². The van der Waals surface area contributed by atoms with Gasteiger partial charge in [0.05, 0.1) is 6.61 Å². The molecule has 0 aliphatic rings. The molecule has 1 atom stereocenters. The van der Waals surface area contributed by atoms with Gasteiger partial charge in [0.15, 0.2) is 6.10 Å². The van der Waals surface area contributed by atoms with E-state index in [1.165, 1.54) is 109 Å². The van der Waals surface area contributed by atoms with Crippen LogP contribution >= 0.6 is 0 Å². The number of esters is 2. The summed E-state index contributed by atoms with van der Waals surface area (Å²) in [5, 5.41) is 9.67. The lowest BCUT2D eigenvalue weighted by Gasteiger charge is -2.15. The summed E-state index contributed by atoms with van der Waals surface area (Å²) in [7, 11) is 0. The van der Waals surface area contributed by atoms with Crippen LogP contribution in [0.3, 0.4) is 0 Å². The van der Waals surface area contributed by atoms with Gasteiger partial charge < -0.3 is 14.6 Å². The largest absolute Gasteiger partial charge is 0.462 e. The first kappa shape index (κ1) is 73.3. The van der Waals surface area contributed by atoms with Crippen LogP contribution in [0.4, 0.5) is 0 Å². The Labute approximate surface area is 481 Å². The lowest BCUT2D eigenvalue weighted by atomic mass is 10.0. The third-order valence-electron chi connectivity index (χ3n) is 13.0. The number of carbonyl (C=O) groups is 2. The molecule has 0 aromatic carbocycles. The highest BCUT2D eigenvalue weighted by molar-refractivity contribution is 5.70. The van der Waals surface area contributed by atoms with Crippen molar-refractivity contribution < 1.29 is 24.2 Å². The second-order valence-corrected chi connectivity index (χ2v) is 20.4. The van der Waals surface area contributed by atoms with Crippen LogP contribution in [0.15, 0.2) is 170 Å². The predicted molar refractivity (Wildman–Crippen MR) is 343 cm³/mol. The number of ether oxygens (including phenoxy) is 2. The monoisotopic (exact) mass is 1070 g/mol. The molecule has 0 bridgehead atoms. The molecule has 0 aliphatic carbocycles. The zero-order valence-electron chi connectivity index (χ0n) is 50.1. The Hall–Kier alpha value is -4.74. The first-order valence-corrected chi connectivity index (χ1v) is 31.7. The van der Waals surface area contributed by atoms with E-state index in [2.05, 4.69) is 184 Å². The van der Waals surface area contributed by atoms with Gasteiger partial charge in [-0.25, -0.2) is 0 Å². The molecule has 0 saturated carbocycles. The van der Waals surface area contributed by atoms with Crippen LogP contribution in [-0.2, 0) is 19.1 Å². The number of aliphatic hydroxyl groups excluding tert-OH is 1. The number of carbonyl (C=O) groups excluding carboxylic acids is 2. The molecule has 0 aromatic rings. The van der Waals surface area contributed by atoms with Crippen LogP contribution in [0.1, 0.15) is 258 Å². The van der Waals surface area contributed by atoms with Crippen molar-refractivity contribution >= 4 is 11.9 Å². The maximum Gasteiger partial charge on any atom is 0.306 e. The number of aliphatic hydroxyl groups is 1. The van der Waals surface area contributed by atoms with Gasteiger partial charge in [0.25, 0.3) is 0 Å². The van der Waals surface area contributed by atoms with Gasteiger partial charge in [-0.2, -0.15) is 0 Å². The summed E-state index contributed by atoms with van der Waals surface area (Å²) >= 11 is 0. The van der Waals surface area contributed by atoms with Gasteiger partial charge in [0, 0.05) is 12.8 Å². The molecule has 0 spiro atoms. The van der Waals surface area contributed by atoms with E-state index >= 15 is 0 Å². The van der Waals surface area contributed by atoms with Crippen molar-refractivity contribution in [2.24, 2.45) is 0 Å². The molecule has 0 amide bonds. The average molecular weight is 1070 g/mol. The van der Waals surface area contributed by atoms with Crippen molar-refractivity contribution in [1.82, 2.24) is 0 Å². The normalized spacial score (nSPS) is 13.4. The topological polar surface area (TPSA) is 72.8 Å². The zero-order chi connectivity index (χ0) is 56.2. The van der Waals surface area contributed by atoms with Gasteiger partial charge >= 0.3 is 11.9 Å². The first-order valence-electron chi connectivity index (χ1n) is 31.7. The Balaban J connectivity index is 3.67. The molecule has 5 heteroatoms. The Morgan fingerprint density at radius 1 is 0.308 bits per heavy atom. The van der Waals surface area contributed by atoms with Crippen molar-refractivity contribution in [2.75, 3.05) is 13.2 Å². The fourth-order valence-electron chi connectivity index (χ4n) is 8.27. The summed E-state index contributed by atoms with van der Waals surface area (Å²) < 4.78 is 10.7. The lowest BCUT2D eigenvalue weighted by molar-refractivity contribution is -0.161. The molecule has 0 radical (unpaired) electrons. The van der Waals surface area contributed by atoms with E-state index in [0.29, 0.717) is 12.8 Å². The van der Waals surface area contributed by atoms with Crippen molar-refractivity contribution in [3.05, 3.63) is 170 Å². The number of hydrogen-bond donors (Lipinski definition) is 1. The van der Waals surface area contributed by atoms with Gasteiger partial charge in [-0.3, -0.25) is 9.59 Å². The van der Waals surface area contributed by atoms with Gasteiger partial charge in [-0.1, -0.05) is 280 Å².